The van der Waals surface area contributed by atoms with E-state index in [1.807, 2.05) is 0 Å². The maximum absolute atomic E-state index is 9.38. The summed E-state index contributed by atoms with van der Waals surface area (Å²) >= 11 is 0. The minimum atomic E-state index is -1.25. The molecule has 0 saturated heterocycles. The van der Waals surface area contributed by atoms with Crippen LogP contribution in [0, 0.1) is 0 Å². The molecule has 0 aromatic carbocycles. The highest BCUT2D eigenvalue weighted by Crippen LogP contribution is 2.04. The van der Waals surface area contributed by atoms with Gasteiger partial charge in [-0.05, 0) is 0 Å². The van der Waals surface area contributed by atoms with E-state index in [9.17, 15) is 5.02 Å². The topological polar surface area (TPSA) is 38.7 Å². The lowest BCUT2D eigenvalue weighted by Gasteiger charge is -2.20. The molecule has 0 aliphatic carbocycles. The lowest BCUT2D eigenvalue weighted by molar-refractivity contribution is 0.169. The molecule has 84 valence electrons. The highest BCUT2D eigenvalue weighted by molar-refractivity contribution is 6.77. The smallest absolute Gasteiger partial charge is 0.402 e. The first kappa shape index (κ1) is 14.4. The predicted molar refractivity (Wildman–Crippen MR) is 66.6 cm³/mol. The monoisotopic (exact) mass is 234 g/mol. The van der Waals surface area contributed by atoms with E-state index in [1.54, 1.807) is 0 Å². The van der Waals surface area contributed by atoms with Crippen LogP contribution in [0.5, 0.6) is 0 Å². The Labute approximate surface area is 90.0 Å². The number of hydrogen-bond acceptors (Lipinski definition) is 3. The first-order valence-electron chi connectivity index (χ1n) is 5.01. The third kappa shape index (κ3) is 10.5. The van der Waals surface area contributed by atoms with Crippen LogP contribution in [0.25, 0.3) is 0 Å². The minimum absolute atomic E-state index is 0.639. The van der Waals surface area contributed by atoms with Gasteiger partial charge in [0.05, 0.1) is 16.1 Å². The molecule has 1 N–H and O–H groups in total. The number of hydrogen-bond donors (Lipinski definition) is 1. The Morgan fingerprint density at radius 1 is 0.857 bits per heavy atom. The van der Waals surface area contributed by atoms with Crippen molar-refractivity contribution < 1.29 is 14.3 Å². The quantitative estimate of drug-likeness (QED) is 0.712. The van der Waals surface area contributed by atoms with Crippen LogP contribution in [-0.4, -0.2) is 41.0 Å². The SMILES string of the molecule is C[Si](C)(C)COB(O)OC[Si](C)(C)C. The standard InChI is InChI=1S/C8H23BO3Si2/c1-13(2,3)7-11-9(10)12-8-14(4,5)6/h10H,7-8H2,1-6H3. The van der Waals surface area contributed by atoms with Crippen LogP contribution in [0.2, 0.25) is 39.3 Å². The van der Waals surface area contributed by atoms with Crippen molar-refractivity contribution in [1.29, 1.82) is 0 Å². The van der Waals surface area contributed by atoms with Crippen molar-refractivity contribution in [3.8, 4) is 0 Å². The summed E-state index contributed by atoms with van der Waals surface area (Å²) in [6.07, 6.45) is 1.28. The van der Waals surface area contributed by atoms with Gasteiger partial charge in [0, 0.05) is 12.5 Å². The zero-order chi connectivity index (χ0) is 11.4. The molecule has 0 aromatic heterocycles. The fourth-order valence-electron chi connectivity index (χ4n) is 0.691. The van der Waals surface area contributed by atoms with Gasteiger partial charge in [-0.1, -0.05) is 39.3 Å². The lowest BCUT2D eigenvalue weighted by Crippen LogP contribution is -2.38. The van der Waals surface area contributed by atoms with Crippen LogP contribution in [0.15, 0.2) is 0 Å². The van der Waals surface area contributed by atoms with E-state index in [0.29, 0.717) is 12.5 Å². The van der Waals surface area contributed by atoms with E-state index < -0.39 is 23.5 Å². The average Bonchev–Trinajstić information content (AvgIpc) is 1.94. The van der Waals surface area contributed by atoms with Gasteiger partial charge in [0.15, 0.2) is 0 Å². The molecule has 0 aliphatic rings. The second-order valence-corrected chi connectivity index (χ2v) is 16.9. The molecule has 0 aromatic rings. The third-order valence-corrected chi connectivity index (χ3v) is 3.38. The molecule has 0 amide bonds. The van der Waals surface area contributed by atoms with Crippen LogP contribution in [-0.2, 0) is 9.31 Å². The molecule has 3 nitrogen and oxygen atoms in total. The number of rotatable bonds is 6. The summed E-state index contributed by atoms with van der Waals surface area (Å²) in [6, 6.07) is 0. The van der Waals surface area contributed by atoms with Gasteiger partial charge in [-0.3, -0.25) is 0 Å². The maximum atomic E-state index is 9.38. The van der Waals surface area contributed by atoms with Crippen LogP contribution >= 0.6 is 0 Å². The van der Waals surface area contributed by atoms with Crippen molar-refractivity contribution in [3.63, 3.8) is 0 Å². The van der Waals surface area contributed by atoms with E-state index in [4.69, 9.17) is 9.31 Å². The van der Waals surface area contributed by atoms with Gasteiger partial charge in [-0.15, -0.1) is 0 Å². The van der Waals surface area contributed by atoms with Crippen molar-refractivity contribution in [2.75, 3.05) is 12.5 Å². The molecule has 0 aliphatic heterocycles. The van der Waals surface area contributed by atoms with Crippen molar-refractivity contribution >= 4 is 23.5 Å². The Morgan fingerprint density at radius 2 is 1.14 bits per heavy atom. The fourth-order valence-corrected chi connectivity index (χ4v) is 1.98. The molecule has 0 atom stereocenters. The first-order chi connectivity index (χ1) is 6.10. The predicted octanol–water partition coefficient (Wildman–Crippen LogP) is 1.75. The Kier molecular flexibility index (Phi) is 5.61. The largest absolute Gasteiger partial charge is 0.636 e. The van der Waals surface area contributed by atoms with Gasteiger partial charge >= 0.3 is 7.32 Å². The van der Waals surface area contributed by atoms with Crippen molar-refractivity contribution in [2.45, 2.75) is 39.3 Å². The van der Waals surface area contributed by atoms with Crippen LogP contribution in [0.4, 0.5) is 0 Å². The van der Waals surface area contributed by atoms with E-state index in [0.717, 1.165) is 0 Å². The van der Waals surface area contributed by atoms with Crippen LogP contribution in [0.1, 0.15) is 0 Å². The van der Waals surface area contributed by atoms with E-state index in [1.165, 1.54) is 0 Å². The molecule has 14 heavy (non-hydrogen) atoms. The summed E-state index contributed by atoms with van der Waals surface area (Å²) in [5, 5.41) is 9.38. The molecule has 0 fully saturated rings. The molecule has 6 heteroatoms. The summed E-state index contributed by atoms with van der Waals surface area (Å²) in [7, 11) is -3.53. The molecule has 0 unspecified atom stereocenters. The van der Waals surface area contributed by atoms with E-state index >= 15 is 0 Å². The second-order valence-electron chi connectivity index (χ2n) is 6.05. The summed E-state index contributed by atoms with van der Waals surface area (Å²) in [6.45, 7) is 13.2. The zero-order valence-electron chi connectivity index (χ0n) is 10.3. The molecular weight excluding hydrogens is 211 g/mol. The Morgan fingerprint density at radius 3 is 1.36 bits per heavy atom. The van der Waals surface area contributed by atoms with Crippen molar-refractivity contribution in [3.05, 3.63) is 0 Å². The average molecular weight is 234 g/mol. The van der Waals surface area contributed by atoms with Gasteiger partial charge in [-0.2, -0.15) is 0 Å². The Bertz CT molecular complexity index is 147. The molecule has 0 spiro atoms. The normalized spacial score (nSPS) is 13.1. The maximum Gasteiger partial charge on any atom is 0.636 e. The second kappa shape index (κ2) is 5.46. The van der Waals surface area contributed by atoms with E-state index in [2.05, 4.69) is 39.3 Å². The van der Waals surface area contributed by atoms with Crippen molar-refractivity contribution in [1.82, 2.24) is 0 Å². The summed E-state index contributed by atoms with van der Waals surface area (Å²) in [4.78, 5) is 0. The van der Waals surface area contributed by atoms with Crippen LogP contribution in [0.3, 0.4) is 0 Å². The highest BCUT2D eigenvalue weighted by Gasteiger charge is 2.24. The van der Waals surface area contributed by atoms with Crippen molar-refractivity contribution in [2.24, 2.45) is 0 Å². The molecule has 0 rings (SSSR count). The molecule has 0 saturated carbocycles. The van der Waals surface area contributed by atoms with Gasteiger partial charge in [0.1, 0.15) is 0 Å². The van der Waals surface area contributed by atoms with Gasteiger partial charge in [-0.25, -0.2) is 0 Å². The molecular formula is C8H23BO3Si2. The molecule has 0 bridgehead atoms. The third-order valence-electron chi connectivity index (χ3n) is 1.32. The Hall–Kier alpha value is 0.379. The molecule has 0 radical (unpaired) electrons. The highest BCUT2D eigenvalue weighted by atomic mass is 28.3. The lowest BCUT2D eigenvalue weighted by atomic mass is 10.3. The minimum Gasteiger partial charge on any atom is -0.402 e. The van der Waals surface area contributed by atoms with Crippen LogP contribution < -0.4 is 0 Å². The Balaban J connectivity index is 3.62. The van der Waals surface area contributed by atoms with Gasteiger partial charge in [0.2, 0.25) is 0 Å². The fraction of sp³-hybridized carbons (Fsp3) is 1.00. The first-order valence-corrected chi connectivity index (χ1v) is 12.4. The van der Waals surface area contributed by atoms with Gasteiger partial charge < -0.3 is 14.3 Å². The van der Waals surface area contributed by atoms with E-state index in [-0.39, 0.29) is 0 Å². The van der Waals surface area contributed by atoms with Gasteiger partial charge in [0.25, 0.3) is 0 Å². The summed E-state index contributed by atoms with van der Waals surface area (Å²) in [5.74, 6) is 0. The molecule has 0 heterocycles. The summed E-state index contributed by atoms with van der Waals surface area (Å²) in [5.41, 5.74) is 0. The zero-order valence-corrected chi connectivity index (χ0v) is 12.3. The summed E-state index contributed by atoms with van der Waals surface area (Å²) < 4.78 is 10.4.